The fraction of sp³-hybridized carbons (Fsp3) is 0.929. The molecule has 0 radical (unpaired) electrons. The van der Waals surface area contributed by atoms with Gasteiger partial charge in [0.25, 0.3) is 0 Å². The predicted molar refractivity (Wildman–Crippen MR) is 71.1 cm³/mol. The number of hydrogen-bond acceptors (Lipinski definition) is 3. The maximum Gasteiger partial charge on any atom is 0.223 e. The van der Waals surface area contributed by atoms with Crippen molar-refractivity contribution in [3.05, 3.63) is 0 Å². The summed E-state index contributed by atoms with van der Waals surface area (Å²) in [6, 6.07) is 0. The van der Waals surface area contributed by atoms with Crippen LogP contribution in [-0.4, -0.2) is 36.2 Å². The van der Waals surface area contributed by atoms with Gasteiger partial charge >= 0.3 is 0 Å². The maximum atomic E-state index is 12.2. The summed E-state index contributed by atoms with van der Waals surface area (Å²) in [5.74, 6) is 1.34. The molecule has 4 heteroatoms. The molecule has 1 aliphatic heterocycles. The lowest BCUT2D eigenvalue weighted by Gasteiger charge is -2.41. The Bertz CT molecular complexity index is 294. The molecule has 1 unspecified atom stereocenters. The molecule has 2 aliphatic rings. The highest BCUT2D eigenvalue weighted by Gasteiger charge is 2.37. The van der Waals surface area contributed by atoms with Gasteiger partial charge in [-0.3, -0.25) is 4.79 Å². The standard InChI is InChI=1S/C14H26N2O2/c1-10-3-5-14(9-17,6-4-10)16-13(18)11(2)12-7-15-8-12/h10-12,15,17H,3-9H2,1-2H3,(H,16,18). The molecule has 4 nitrogen and oxygen atoms in total. The third-order valence-corrected chi connectivity index (χ3v) is 4.86. The first-order valence-electron chi connectivity index (χ1n) is 7.20. The minimum atomic E-state index is -0.352. The Kier molecular flexibility index (Phi) is 4.28. The highest BCUT2D eigenvalue weighted by Crippen LogP contribution is 2.32. The molecular weight excluding hydrogens is 228 g/mol. The molecule has 104 valence electrons. The number of carbonyl (C=O) groups excluding carboxylic acids is 1. The lowest BCUT2D eigenvalue weighted by molar-refractivity contribution is -0.130. The van der Waals surface area contributed by atoms with Crippen molar-refractivity contribution in [2.75, 3.05) is 19.7 Å². The number of hydrogen-bond donors (Lipinski definition) is 3. The summed E-state index contributed by atoms with van der Waals surface area (Å²) in [5.41, 5.74) is -0.352. The Balaban J connectivity index is 1.90. The van der Waals surface area contributed by atoms with Crippen LogP contribution in [0.2, 0.25) is 0 Å². The van der Waals surface area contributed by atoms with E-state index in [1.807, 2.05) is 6.92 Å². The maximum absolute atomic E-state index is 12.2. The first-order valence-corrected chi connectivity index (χ1v) is 7.20. The van der Waals surface area contributed by atoms with Crippen LogP contribution in [0.4, 0.5) is 0 Å². The van der Waals surface area contributed by atoms with E-state index in [0.29, 0.717) is 5.92 Å². The van der Waals surface area contributed by atoms with Crippen LogP contribution in [0.1, 0.15) is 39.5 Å². The van der Waals surface area contributed by atoms with E-state index in [1.54, 1.807) is 0 Å². The third kappa shape index (κ3) is 2.86. The number of aliphatic hydroxyl groups excluding tert-OH is 1. The fourth-order valence-electron chi connectivity index (χ4n) is 2.89. The summed E-state index contributed by atoms with van der Waals surface area (Å²) in [4.78, 5) is 12.2. The van der Waals surface area contributed by atoms with E-state index < -0.39 is 0 Å². The van der Waals surface area contributed by atoms with Gasteiger partial charge in [-0.2, -0.15) is 0 Å². The molecule has 0 aromatic heterocycles. The SMILES string of the molecule is CC1CCC(CO)(NC(=O)C(C)C2CNC2)CC1. The molecule has 18 heavy (non-hydrogen) atoms. The zero-order valence-electron chi connectivity index (χ0n) is 11.5. The van der Waals surface area contributed by atoms with Gasteiger partial charge in [-0.25, -0.2) is 0 Å². The molecular formula is C14H26N2O2. The molecule has 0 bridgehead atoms. The summed E-state index contributed by atoms with van der Waals surface area (Å²) < 4.78 is 0. The second-order valence-electron chi connectivity index (χ2n) is 6.32. The fourth-order valence-corrected chi connectivity index (χ4v) is 2.89. The van der Waals surface area contributed by atoms with E-state index in [-0.39, 0.29) is 24.0 Å². The van der Waals surface area contributed by atoms with Crippen molar-refractivity contribution < 1.29 is 9.90 Å². The number of amides is 1. The predicted octanol–water partition coefficient (Wildman–Crippen LogP) is 0.899. The monoisotopic (exact) mass is 254 g/mol. The highest BCUT2D eigenvalue weighted by molar-refractivity contribution is 5.79. The van der Waals surface area contributed by atoms with Crippen LogP contribution in [0.5, 0.6) is 0 Å². The summed E-state index contributed by atoms with van der Waals surface area (Å²) in [5, 5.41) is 16.0. The summed E-state index contributed by atoms with van der Waals surface area (Å²) >= 11 is 0. The van der Waals surface area contributed by atoms with Gasteiger partial charge < -0.3 is 15.7 Å². The van der Waals surface area contributed by atoms with Crippen LogP contribution in [0.15, 0.2) is 0 Å². The molecule has 2 fully saturated rings. The van der Waals surface area contributed by atoms with Crippen molar-refractivity contribution in [1.29, 1.82) is 0 Å². The molecule has 1 aliphatic carbocycles. The number of aliphatic hydroxyl groups is 1. The molecule has 0 aromatic rings. The second-order valence-corrected chi connectivity index (χ2v) is 6.32. The average Bonchev–Trinajstić information content (AvgIpc) is 2.30. The van der Waals surface area contributed by atoms with E-state index in [4.69, 9.17) is 0 Å². The van der Waals surface area contributed by atoms with Crippen LogP contribution in [0, 0.1) is 17.8 Å². The van der Waals surface area contributed by atoms with E-state index in [1.165, 1.54) is 0 Å². The lowest BCUT2D eigenvalue weighted by Crippen LogP contribution is -2.57. The van der Waals surface area contributed by atoms with Gasteiger partial charge in [0.05, 0.1) is 12.1 Å². The summed E-state index contributed by atoms with van der Waals surface area (Å²) in [6.45, 7) is 6.19. The van der Waals surface area contributed by atoms with Crippen molar-refractivity contribution >= 4 is 5.91 Å². The van der Waals surface area contributed by atoms with Crippen LogP contribution in [-0.2, 0) is 4.79 Å². The van der Waals surface area contributed by atoms with Crippen LogP contribution in [0.3, 0.4) is 0 Å². The molecule has 1 heterocycles. The van der Waals surface area contributed by atoms with E-state index in [2.05, 4.69) is 17.6 Å². The molecule has 3 N–H and O–H groups in total. The quantitative estimate of drug-likeness (QED) is 0.698. The van der Waals surface area contributed by atoms with Crippen molar-refractivity contribution in [3.63, 3.8) is 0 Å². The van der Waals surface area contributed by atoms with E-state index in [0.717, 1.165) is 44.7 Å². The van der Waals surface area contributed by atoms with Gasteiger partial charge in [-0.15, -0.1) is 0 Å². The third-order valence-electron chi connectivity index (χ3n) is 4.86. The minimum Gasteiger partial charge on any atom is -0.394 e. The van der Waals surface area contributed by atoms with Gasteiger partial charge in [0.1, 0.15) is 0 Å². The highest BCUT2D eigenvalue weighted by atomic mass is 16.3. The normalized spacial score (nSPS) is 34.7. The molecule has 0 aromatic carbocycles. The van der Waals surface area contributed by atoms with Gasteiger partial charge in [0.2, 0.25) is 5.91 Å². The number of nitrogens with one attached hydrogen (secondary N) is 2. The first kappa shape index (κ1) is 13.8. The van der Waals surface area contributed by atoms with Crippen LogP contribution < -0.4 is 10.6 Å². The van der Waals surface area contributed by atoms with Crippen molar-refractivity contribution in [1.82, 2.24) is 10.6 Å². The Hall–Kier alpha value is -0.610. The molecule has 1 saturated heterocycles. The molecule has 1 atom stereocenters. The smallest absolute Gasteiger partial charge is 0.223 e. The second kappa shape index (κ2) is 5.57. The zero-order valence-corrected chi connectivity index (χ0v) is 11.5. The molecule has 2 rings (SSSR count). The minimum absolute atomic E-state index is 0.0500. The van der Waals surface area contributed by atoms with Gasteiger partial charge in [-0.05, 0) is 50.6 Å². The lowest BCUT2D eigenvalue weighted by atomic mass is 9.77. The largest absolute Gasteiger partial charge is 0.394 e. The van der Waals surface area contributed by atoms with Gasteiger partial charge in [0.15, 0.2) is 0 Å². The molecule has 0 spiro atoms. The number of carbonyl (C=O) groups is 1. The average molecular weight is 254 g/mol. The Morgan fingerprint density at radius 2 is 2.06 bits per heavy atom. The Labute approximate surface area is 110 Å². The topological polar surface area (TPSA) is 61.4 Å². The van der Waals surface area contributed by atoms with Crippen molar-refractivity contribution in [3.8, 4) is 0 Å². The zero-order chi connectivity index (χ0) is 13.2. The van der Waals surface area contributed by atoms with Crippen LogP contribution >= 0.6 is 0 Å². The van der Waals surface area contributed by atoms with Crippen molar-refractivity contribution in [2.45, 2.75) is 45.1 Å². The van der Waals surface area contributed by atoms with Crippen molar-refractivity contribution in [2.24, 2.45) is 17.8 Å². The Morgan fingerprint density at radius 3 is 2.50 bits per heavy atom. The van der Waals surface area contributed by atoms with Gasteiger partial charge in [0, 0.05) is 5.92 Å². The van der Waals surface area contributed by atoms with Gasteiger partial charge in [-0.1, -0.05) is 13.8 Å². The molecule has 1 saturated carbocycles. The van der Waals surface area contributed by atoms with E-state index >= 15 is 0 Å². The summed E-state index contributed by atoms with van der Waals surface area (Å²) in [6.07, 6.45) is 4.01. The van der Waals surface area contributed by atoms with E-state index in [9.17, 15) is 9.90 Å². The number of rotatable bonds is 4. The Morgan fingerprint density at radius 1 is 1.44 bits per heavy atom. The molecule has 1 amide bonds. The first-order chi connectivity index (χ1) is 8.56. The van der Waals surface area contributed by atoms with Crippen LogP contribution in [0.25, 0.3) is 0 Å². The summed E-state index contributed by atoms with van der Waals surface area (Å²) in [7, 11) is 0.